The molecule has 0 bridgehead atoms. The number of aliphatic hydroxyl groups excluding tert-OH is 1. The summed E-state index contributed by atoms with van der Waals surface area (Å²) in [5, 5.41) is 11.2. The van der Waals surface area contributed by atoms with Crippen LogP contribution in [0.1, 0.15) is 35.3 Å². The van der Waals surface area contributed by atoms with Crippen LogP contribution in [0.4, 0.5) is 13.2 Å². The Labute approximate surface area is 206 Å². The molecule has 0 amide bonds. The third-order valence-corrected chi connectivity index (χ3v) is 9.38. The molecule has 1 heterocycles. The highest BCUT2D eigenvalue weighted by molar-refractivity contribution is 8.03. The lowest BCUT2D eigenvalue weighted by atomic mass is 9.70. The number of thioether (sulfide) groups is 2. The average molecular weight is 537 g/mol. The number of benzene rings is 2. The lowest BCUT2D eigenvalue weighted by molar-refractivity contribution is -0.150. The van der Waals surface area contributed by atoms with E-state index in [9.17, 15) is 27.9 Å². The highest BCUT2D eigenvalue weighted by atomic mass is 35.5. The van der Waals surface area contributed by atoms with Gasteiger partial charge in [-0.15, -0.1) is 11.8 Å². The number of carbonyl (C=O) groups excluding carboxylic acids is 2. The van der Waals surface area contributed by atoms with Crippen molar-refractivity contribution < 1.29 is 32.6 Å². The van der Waals surface area contributed by atoms with Gasteiger partial charge < -0.3 is 9.84 Å². The summed E-state index contributed by atoms with van der Waals surface area (Å²) in [5.41, 5.74) is -5.78. The molecule has 2 aromatic rings. The molecule has 0 unspecified atom stereocenters. The van der Waals surface area contributed by atoms with Crippen LogP contribution in [-0.4, -0.2) is 34.2 Å². The summed E-state index contributed by atoms with van der Waals surface area (Å²) in [5.74, 6) is -2.31. The predicted molar refractivity (Wildman–Crippen MR) is 122 cm³/mol. The standard InChI is InChI=1S/C22H17Cl2F3O4S2/c1-31-19(30)21(33-22(25,26)27)9-8-20(18(21)29)16(28)13-4-2-3-5-15(13)32-17(20)12-7-6-11(23)10-14(12)24/h2-7,10,16-17,28H,8-9H2,1H3/t16-,17-,20+,21+/m0/s1. The van der Waals surface area contributed by atoms with Gasteiger partial charge in [-0.25, -0.2) is 0 Å². The second-order valence-corrected chi connectivity index (χ2v) is 11.2. The number of ketones is 1. The van der Waals surface area contributed by atoms with Crippen molar-refractivity contribution in [3.05, 3.63) is 63.6 Å². The van der Waals surface area contributed by atoms with E-state index in [1.54, 1.807) is 36.4 Å². The molecule has 11 heteroatoms. The fourth-order valence-electron chi connectivity index (χ4n) is 4.72. The number of aliphatic hydroxyl groups is 1. The first-order chi connectivity index (χ1) is 15.5. The minimum absolute atomic E-state index is 0.170. The number of ether oxygens (including phenoxy) is 1. The average Bonchev–Trinajstić information content (AvgIpc) is 3.03. The number of esters is 1. The number of halogens is 5. The van der Waals surface area contributed by atoms with Gasteiger partial charge in [0.25, 0.3) is 0 Å². The molecule has 1 aliphatic carbocycles. The molecular weight excluding hydrogens is 520 g/mol. The van der Waals surface area contributed by atoms with E-state index in [0.29, 0.717) is 21.0 Å². The molecule has 176 valence electrons. The second kappa shape index (κ2) is 8.68. The van der Waals surface area contributed by atoms with Crippen LogP contribution in [0, 0.1) is 5.41 Å². The molecule has 4 atom stereocenters. The van der Waals surface area contributed by atoms with Gasteiger partial charge in [0.2, 0.25) is 0 Å². The van der Waals surface area contributed by atoms with Crippen molar-refractivity contribution in [3.8, 4) is 0 Å². The fraction of sp³-hybridized carbons (Fsp3) is 0.364. The molecule has 0 aromatic heterocycles. The van der Waals surface area contributed by atoms with E-state index in [0.717, 1.165) is 7.11 Å². The van der Waals surface area contributed by atoms with Crippen LogP contribution >= 0.6 is 46.7 Å². The Hall–Kier alpha value is -1.39. The smallest absolute Gasteiger partial charge is 0.443 e. The number of methoxy groups -OCH3 is 1. The van der Waals surface area contributed by atoms with Crippen LogP contribution in [0.3, 0.4) is 0 Å². The van der Waals surface area contributed by atoms with E-state index in [2.05, 4.69) is 4.74 Å². The van der Waals surface area contributed by atoms with Crippen molar-refractivity contribution in [2.45, 2.75) is 39.3 Å². The highest BCUT2D eigenvalue weighted by Crippen LogP contribution is 2.68. The molecule has 1 aliphatic heterocycles. The van der Waals surface area contributed by atoms with Crippen LogP contribution in [-0.2, 0) is 14.3 Å². The topological polar surface area (TPSA) is 63.6 Å². The lowest BCUT2D eigenvalue weighted by Crippen LogP contribution is -2.51. The van der Waals surface area contributed by atoms with Crippen molar-refractivity contribution in [2.75, 3.05) is 7.11 Å². The number of hydrogen-bond donors (Lipinski definition) is 1. The molecule has 2 aromatic carbocycles. The molecule has 1 fully saturated rings. The van der Waals surface area contributed by atoms with Crippen LogP contribution in [0.5, 0.6) is 0 Å². The highest BCUT2D eigenvalue weighted by Gasteiger charge is 2.70. The molecule has 1 saturated carbocycles. The Bertz CT molecular complexity index is 1130. The van der Waals surface area contributed by atoms with Gasteiger partial charge in [0, 0.05) is 14.9 Å². The van der Waals surface area contributed by atoms with Crippen molar-refractivity contribution in [1.29, 1.82) is 0 Å². The monoisotopic (exact) mass is 536 g/mol. The van der Waals surface area contributed by atoms with E-state index in [-0.39, 0.29) is 11.4 Å². The Morgan fingerprint density at radius 3 is 2.52 bits per heavy atom. The summed E-state index contributed by atoms with van der Waals surface area (Å²) in [7, 11) is 0.939. The normalized spacial score (nSPS) is 29.2. The largest absolute Gasteiger partial charge is 0.468 e. The van der Waals surface area contributed by atoms with Gasteiger partial charge in [-0.05, 0) is 53.9 Å². The van der Waals surface area contributed by atoms with Gasteiger partial charge in [0.05, 0.1) is 23.9 Å². The Morgan fingerprint density at radius 2 is 1.88 bits per heavy atom. The van der Waals surface area contributed by atoms with Crippen LogP contribution < -0.4 is 0 Å². The molecule has 1 spiro atoms. The zero-order valence-electron chi connectivity index (χ0n) is 17.0. The summed E-state index contributed by atoms with van der Waals surface area (Å²) in [4.78, 5) is 27.3. The molecular formula is C22H17Cl2F3O4S2. The van der Waals surface area contributed by atoms with Gasteiger partial charge in [-0.2, -0.15) is 13.2 Å². The minimum atomic E-state index is -4.88. The molecule has 0 saturated heterocycles. The molecule has 1 N–H and O–H groups in total. The summed E-state index contributed by atoms with van der Waals surface area (Å²) in [6, 6.07) is 11.4. The Kier molecular flexibility index (Phi) is 6.50. The molecule has 33 heavy (non-hydrogen) atoms. The molecule has 4 rings (SSSR count). The fourth-order valence-corrected chi connectivity index (χ4v) is 7.97. The zero-order chi connectivity index (χ0) is 24.2. The maximum Gasteiger partial charge on any atom is 0.443 e. The number of carbonyl (C=O) groups is 2. The van der Waals surface area contributed by atoms with Gasteiger partial charge >= 0.3 is 11.5 Å². The third kappa shape index (κ3) is 3.95. The maximum atomic E-state index is 14.0. The quantitative estimate of drug-likeness (QED) is 0.362. The molecule has 2 aliphatic rings. The lowest BCUT2D eigenvalue weighted by Gasteiger charge is -2.45. The Morgan fingerprint density at radius 1 is 1.18 bits per heavy atom. The van der Waals surface area contributed by atoms with Crippen LogP contribution in [0.25, 0.3) is 0 Å². The van der Waals surface area contributed by atoms with E-state index in [1.165, 1.54) is 17.8 Å². The van der Waals surface area contributed by atoms with E-state index in [1.807, 2.05) is 0 Å². The van der Waals surface area contributed by atoms with Crippen molar-refractivity contribution in [3.63, 3.8) is 0 Å². The first-order valence-corrected chi connectivity index (χ1v) is 12.2. The number of rotatable bonds is 3. The Balaban J connectivity index is 1.94. The van der Waals surface area contributed by atoms with Gasteiger partial charge in [0.15, 0.2) is 10.5 Å². The zero-order valence-corrected chi connectivity index (χ0v) is 20.1. The van der Waals surface area contributed by atoms with Gasteiger partial charge in [-0.1, -0.05) is 47.5 Å². The van der Waals surface area contributed by atoms with E-state index >= 15 is 0 Å². The maximum absolute atomic E-state index is 14.0. The van der Waals surface area contributed by atoms with Gasteiger partial charge in [0.1, 0.15) is 0 Å². The third-order valence-electron chi connectivity index (χ3n) is 6.14. The first-order valence-electron chi connectivity index (χ1n) is 9.75. The molecule has 0 radical (unpaired) electrons. The second-order valence-electron chi connectivity index (χ2n) is 7.84. The van der Waals surface area contributed by atoms with E-state index < -0.39 is 57.0 Å². The van der Waals surface area contributed by atoms with Crippen LogP contribution in [0.15, 0.2) is 47.4 Å². The first kappa shape index (κ1) is 24.7. The van der Waals surface area contributed by atoms with Crippen molar-refractivity contribution in [1.82, 2.24) is 0 Å². The van der Waals surface area contributed by atoms with Crippen molar-refractivity contribution in [2.24, 2.45) is 5.41 Å². The number of Topliss-reactive ketones (excluding diaryl/α,β-unsaturated/α-hetero) is 1. The van der Waals surface area contributed by atoms with Crippen molar-refractivity contribution >= 4 is 58.5 Å². The SMILES string of the molecule is COC(=O)[C@@]1(SC(F)(F)F)CC[C@@]2(C1=O)[C@@H](O)c1ccccc1S[C@H]2c1ccc(Cl)cc1Cl. The summed E-state index contributed by atoms with van der Waals surface area (Å²) < 4.78 is 42.8. The summed E-state index contributed by atoms with van der Waals surface area (Å²) in [6.07, 6.45) is -2.07. The summed E-state index contributed by atoms with van der Waals surface area (Å²) in [6.45, 7) is 0. The van der Waals surface area contributed by atoms with E-state index in [4.69, 9.17) is 23.2 Å². The number of fused-ring (bicyclic) bond motifs is 1. The number of hydrogen-bond acceptors (Lipinski definition) is 6. The number of alkyl halides is 3. The summed E-state index contributed by atoms with van der Waals surface area (Å²) >= 11 is 13.0. The molecule has 4 nitrogen and oxygen atoms in total. The predicted octanol–water partition coefficient (Wildman–Crippen LogP) is 6.39. The minimum Gasteiger partial charge on any atom is -0.468 e. The van der Waals surface area contributed by atoms with Crippen LogP contribution in [0.2, 0.25) is 10.0 Å². The van der Waals surface area contributed by atoms with Gasteiger partial charge in [-0.3, -0.25) is 9.59 Å².